The first kappa shape index (κ1) is 9.90. The van der Waals surface area contributed by atoms with E-state index in [0.29, 0.717) is 0 Å². The largest absolute Gasteiger partial charge is 0.287 e. The second-order valence-corrected chi connectivity index (χ2v) is 5.09. The van der Waals surface area contributed by atoms with Crippen LogP contribution < -0.4 is 0 Å². The Morgan fingerprint density at radius 1 is 1.44 bits per heavy atom. The van der Waals surface area contributed by atoms with Crippen LogP contribution in [-0.2, 0) is 0 Å². The number of thioether (sulfide) groups is 1. The van der Waals surface area contributed by atoms with Gasteiger partial charge in [0.25, 0.3) is 5.91 Å². The minimum Gasteiger partial charge on any atom is -0.287 e. The van der Waals surface area contributed by atoms with Crippen molar-refractivity contribution >= 4 is 22.8 Å². The first-order valence-corrected chi connectivity index (χ1v) is 6.22. The molecule has 0 unspecified atom stereocenters. The van der Waals surface area contributed by atoms with E-state index in [-0.39, 0.29) is 5.91 Å². The second-order valence-electron chi connectivity index (χ2n) is 4.08. The number of amides is 1. The Kier molecular flexibility index (Phi) is 2.24. The molecule has 2 heterocycles. The summed E-state index contributed by atoms with van der Waals surface area (Å²) in [5.74, 6) is 0.107. The predicted molar refractivity (Wildman–Crippen MR) is 65.0 cm³/mol. The lowest BCUT2D eigenvalue weighted by molar-refractivity contribution is 0.0839. The Labute approximate surface area is 98.5 Å². The van der Waals surface area contributed by atoms with Crippen molar-refractivity contribution in [2.45, 2.75) is 18.2 Å². The van der Waals surface area contributed by atoms with E-state index in [2.05, 4.69) is 4.99 Å². The molecule has 2 aliphatic heterocycles. The van der Waals surface area contributed by atoms with Gasteiger partial charge in [0.15, 0.2) is 5.17 Å². The molecular weight excluding hydrogens is 220 g/mol. The highest BCUT2D eigenvalue weighted by Crippen LogP contribution is 2.33. The molecule has 3 rings (SSSR count). The molecule has 82 valence electrons. The number of aryl methyl sites for hydroxylation is 1. The van der Waals surface area contributed by atoms with Crippen molar-refractivity contribution in [3.8, 4) is 0 Å². The summed E-state index contributed by atoms with van der Waals surface area (Å²) in [5, 5.41) is 0.868. The summed E-state index contributed by atoms with van der Waals surface area (Å²) >= 11 is 1.61. The van der Waals surface area contributed by atoms with Gasteiger partial charge < -0.3 is 0 Å². The van der Waals surface area contributed by atoms with Gasteiger partial charge in [-0.25, -0.2) is 0 Å². The zero-order valence-corrected chi connectivity index (χ0v) is 9.88. The second kappa shape index (κ2) is 3.63. The molecule has 1 aromatic rings. The van der Waals surface area contributed by atoms with Crippen molar-refractivity contribution in [1.29, 1.82) is 0 Å². The lowest BCUT2D eigenvalue weighted by atomic mass is 10.1. The Morgan fingerprint density at radius 2 is 2.31 bits per heavy atom. The molecule has 0 aliphatic carbocycles. The van der Waals surface area contributed by atoms with Gasteiger partial charge in [-0.1, -0.05) is 23.4 Å². The van der Waals surface area contributed by atoms with Crippen LogP contribution in [0.15, 0.2) is 28.1 Å². The number of hydrogen-bond donors (Lipinski definition) is 0. The fourth-order valence-electron chi connectivity index (χ4n) is 2.00. The maximum absolute atomic E-state index is 12.2. The van der Waals surface area contributed by atoms with E-state index in [0.717, 1.165) is 40.7 Å². The Morgan fingerprint density at radius 3 is 3.19 bits per heavy atom. The van der Waals surface area contributed by atoms with Crippen LogP contribution in [0.1, 0.15) is 22.3 Å². The van der Waals surface area contributed by atoms with E-state index in [4.69, 9.17) is 0 Å². The lowest BCUT2D eigenvalue weighted by Gasteiger charge is -2.31. The molecule has 0 N–H and O–H groups in total. The number of fused-ring (bicyclic) bond motifs is 2. The van der Waals surface area contributed by atoms with Crippen LogP contribution in [0.25, 0.3) is 0 Å². The fourth-order valence-corrected chi connectivity index (χ4v) is 3.03. The minimum absolute atomic E-state index is 0.107. The molecular formula is C12H12N2OS. The topological polar surface area (TPSA) is 32.7 Å². The standard InChI is InChI=1S/C12H12N2OS/c1-8-3-4-10-9(7-8)11(15)14-6-2-5-13-12(14)16-10/h3-4,7H,2,5-6H2,1H3. The van der Waals surface area contributed by atoms with Gasteiger partial charge >= 0.3 is 0 Å². The summed E-state index contributed by atoms with van der Waals surface area (Å²) in [6.07, 6.45) is 0.969. The monoisotopic (exact) mass is 232 g/mol. The van der Waals surface area contributed by atoms with Crippen molar-refractivity contribution in [3.63, 3.8) is 0 Å². The Bertz CT molecular complexity index is 496. The van der Waals surface area contributed by atoms with Crippen LogP contribution in [0.2, 0.25) is 0 Å². The van der Waals surface area contributed by atoms with Gasteiger partial charge in [-0.15, -0.1) is 0 Å². The number of rotatable bonds is 0. The third-order valence-corrected chi connectivity index (χ3v) is 3.94. The van der Waals surface area contributed by atoms with Crippen molar-refractivity contribution in [2.24, 2.45) is 4.99 Å². The first-order valence-electron chi connectivity index (χ1n) is 5.40. The quantitative estimate of drug-likeness (QED) is 0.687. The minimum atomic E-state index is 0.107. The van der Waals surface area contributed by atoms with Gasteiger partial charge in [-0.05, 0) is 25.5 Å². The van der Waals surface area contributed by atoms with Crippen LogP contribution in [0.5, 0.6) is 0 Å². The highest BCUT2D eigenvalue weighted by molar-refractivity contribution is 8.14. The predicted octanol–water partition coefficient (Wildman–Crippen LogP) is 2.30. The molecule has 16 heavy (non-hydrogen) atoms. The van der Waals surface area contributed by atoms with Gasteiger partial charge in [0.2, 0.25) is 0 Å². The normalized spacial score (nSPS) is 18.9. The molecule has 0 spiro atoms. The first-order chi connectivity index (χ1) is 7.75. The van der Waals surface area contributed by atoms with Crippen molar-refractivity contribution in [3.05, 3.63) is 29.3 Å². The molecule has 0 saturated heterocycles. The highest BCUT2D eigenvalue weighted by Gasteiger charge is 2.31. The number of hydrogen-bond acceptors (Lipinski definition) is 3. The van der Waals surface area contributed by atoms with E-state index in [1.54, 1.807) is 16.7 Å². The number of carbonyl (C=O) groups is 1. The smallest absolute Gasteiger partial charge is 0.260 e. The van der Waals surface area contributed by atoms with Gasteiger partial charge in [0.05, 0.1) is 5.56 Å². The molecule has 0 atom stereocenters. The van der Waals surface area contributed by atoms with E-state index < -0.39 is 0 Å². The summed E-state index contributed by atoms with van der Waals surface area (Å²) in [6, 6.07) is 6.02. The van der Waals surface area contributed by atoms with Crippen molar-refractivity contribution in [1.82, 2.24) is 4.90 Å². The summed E-state index contributed by atoms with van der Waals surface area (Å²) in [5.41, 5.74) is 1.95. The van der Waals surface area contributed by atoms with E-state index >= 15 is 0 Å². The average Bonchev–Trinajstić information content (AvgIpc) is 2.31. The van der Waals surface area contributed by atoms with Crippen LogP contribution in [0.3, 0.4) is 0 Å². The van der Waals surface area contributed by atoms with Gasteiger partial charge in [-0.2, -0.15) is 0 Å². The Balaban J connectivity index is 2.11. The number of aliphatic imine (C=N–C) groups is 1. The molecule has 0 bridgehead atoms. The van der Waals surface area contributed by atoms with Gasteiger partial charge in [0.1, 0.15) is 0 Å². The van der Waals surface area contributed by atoms with E-state index in [1.807, 2.05) is 25.1 Å². The van der Waals surface area contributed by atoms with Crippen molar-refractivity contribution in [2.75, 3.05) is 13.1 Å². The van der Waals surface area contributed by atoms with Crippen LogP contribution in [0, 0.1) is 6.92 Å². The van der Waals surface area contributed by atoms with Crippen molar-refractivity contribution < 1.29 is 4.79 Å². The number of carbonyl (C=O) groups excluding carboxylic acids is 1. The molecule has 0 fully saturated rings. The van der Waals surface area contributed by atoms with Gasteiger partial charge in [0, 0.05) is 18.0 Å². The molecule has 4 heteroatoms. The average molecular weight is 232 g/mol. The highest BCUT2D eigenvalue weighted by atomic mass is 32.2. The molecule has 1 amide bonds. The summed E-state index contributed by atoms with van der Waals surface area (Å²) in [4.78, 5) is 19.5. The molecule has 2 aliphatic rings. The van der Waals surface area contributed by atoms with Crippen LogP contribution in [0.4, 0.5) is 0 Å². The summed E-state index contributed by atoms with van der Waals surface area (Å²) in [7, 11) is 0. The SMILES string of the molecule is Cc1ccc2c(c1)C(=O)N1CCCN=C1S2. The zero-order valence-electron chi connectivity index (χ0n) is 9.06. The van der Waals surface area contributed by atoms with Gasteiger partial charge in [-0.3, -0.25) is 14.7 Å². The van der Waals surface area contributed by atoms with E-state index in [9.17, 15) is 4.79 Å². The maximum Gasteiger partial charge on any atom is 0.260 e. The fraction of sp³-hybridized carbons (Fsp3) is 0.333. The number of benzene rings is 1. The summed E-state index contributed by atoms with van der Waals surface area (Å²) in [6.45, 7) is 3.66. The number of nitrogens with zero attached hydrogens (tertiary/aromatic N) is 2. The molecule has 1 aromatic carbocycles. The molecule has 3 nitrogen and oxygen atoms in total. The third kappa shape index (κ3) is 1.45. The maximum atomic E-state index is 12.2. The summed E-state index contributed by atoms with van der Waals surface area (Å²) < 4.78 is 0. The van der Waals surface area contributed by atoms with Crippen LogP contribution in [-0.4, -0.2) is 29.1 Å². The van der Waals surface area contributed by atoms with Crippen LogP contribution >= 0.6 is 11.8 Å². The molecule has 0 radical (unpaired) electrons. The third-order valence-electron chi connectivity index (χ3n) is 2.83. The number of amidine groups is 1. The lowest BCUT2D eigenvalue weighted by Crippen LogP contribution is -2.41. The Hall–Kier alpha value is -1.29. The molecule has 0 saturated carbocycles. The zero-order chi connectivity index (χ0) is 11.1. The van der Waals surface area contributed by atoms with E-state index in [1.165, 1.54) is 0 Å². The molecule has 0 aromatic heterocycles.